The number of rotatable bonds is 4. The maximum Gasteiger partial charge on any atom is 0.148 e. The molecule has 1 aliphatic carbocycles. The van der Waals surface area contributed by atoms with Crippen molar-refractivity contribution in [1.82, 2.24) is 4.98 Å². The molecule has 2 nitrogen and oxygen atoms in total. The zero-order valence-corrected chi connectivity index (χ0v) is 12.6. The van der Waals surface area contributed by atoms with E-state index in [1.54, 1.807) is 5.20 Å². The minimum atomic E-state index is -1.43. The van der Waals surface area contributed by atoms with E-state index in [2.05, 4.69) is 25.0 Å². The first-order valence-electron chi connectivity index (χ1n) is 7.21. The first-order valence-corrected chi connectivity index (χ1v) is 10.2. The van der Waals surface area contributed by atoms with E-state index in [1.807, 2.05) is 0 Å². The fourth-order valence-corrected chi connectivity index (χ4v) is 7.66. The van der Waals surface area contributed by atoms with Crippen LogP contribution in [0.15, 0.2) is 10.8 Å². The van der Waals surface area contributed by atoms with Gasteiger partial charge in [0.15, 0.2) is 0 Å². The molecule has 0 radical (unpaired) electrons. The molecule has 0 amide bonds. The summed E-state index contributed by atoms with van der Waals surface area (Å²) >= 11 is 0. The van der Waals surface area contributed by atoms with Crippen molar-refractivity contribution in [2.45, 2.75) is 64.6 Å². The van der Waals surface area contributed by atoms with Crippen molar-refractivity contribution in [2.75, 3.05) is 6.61 Å². The number of nitrogens with one attached hydrogen (secondary N) is 1. The Hall–Kier alpha value is -0.123. The molecule has 0 bridgehead atoms. The van der Waals surface area contributed by atoms with Gasteiger partial charge in [0.2, 0.25) is 0 Å². The normalized spacial score (nSPS) is 33.9. The van der Waals surface area contributed by atoms with E-state index in [9.17, 15) is 5.11 Å². The molecule has 1 heterocycles. The van der Waals surface area contributed by atoms with Crippen LogP contribution in [0.25, 0.3) is 0 Å². The lowest BCUT2D eigenvalue weighted by Gasteiger charge is -2.24. The quantitative estimate of drug-likeness (QED) is 0.755. The van der Waals surface area contributed by atoms with E-state index in [0.29, 0.717) is 0 Å². The first kappa shape index (κ1) is 13.3. The van der Waals surface area contributed by atoms with Crippen LogP contribution in [0.4, 0.5) is 0 Å². The number of aliphatic hydroxyl groups is 1. The topological polar surface area (TPSA) is 32.3 Å². The summed E-state index contributed by atoms with van der Waals surface area (Å²) in [5.41, 5.74) is 1.38. The molecule has 2 N–H and O–H groups in total. The maximum absolute atomic E-state index is 9.70. The summed E-state index contributed by atoms with van der Waals surface area (Å²) in [5, 5.41) is 11.4. The summed E-state index contributed by atoms with van der Waals surface area (Å²) in [6.45, 7) is 7.36. The number of fused-ring (bicyclic) bond motifs is 1. The van der Waals surface area contributed by atoms with Crippen LogP contribution in [-0.4, -0.2) is 26.0 Å². The second-order valence-electron chi connectivity index (χ2n) is 6.19. The molecule has 17 heavy (non-hydrogen) atoms. The van der Waals surface area contributed by atoms with Crippen molar-refractivity contribution >= 4 is 8.24 Å². The molecule has 0 aromatic carbocycles. The van der Waals surface area contributed by atoms with Crippen LogP contribution in [0.2, 0.25) is 13.1 Å². The molecule has 0 unspecified atom stereocenters. The molecular weight excluding hydrogens is 226 g/mol. The summed E-state index contributed by atoms with van der Waals surface area (Å²) in [6, 6.07) is 0.731. The van der Waals surface area contributed by atoms with Crippen LogP contribution in [0.5, 0.6) is 0 Å². The average Bonchev–Trinajstić information content (AvgIpc) is 2.78. The van der Waals surface area contributed by atoms with Gasteiger partial charge in [-0.25, -0.2) is 0 Å². The fourth-order valence-electron chi connectivity index (χ4n) is 3.88. The van der Waals surface area contributed by atoms with Crippen LogP contribution >= 0.6 is 0 Å². The molecule has 2 fully saturated rings. The third kappa shape index (κ3) is 2.51. The lowest BCUT2D eigenvalue weighted by molar-refractivity contribution is 0.323. The van der Waals surface area contributed by atoms with Gasteiger partial charge in [0, 0.05) is 6.04 Å². The Morgan fingerprint density at radius 2 is 2.18 bits per heavy atom. The molecule has 1 saturated heterocycles. The Labute approximate surface area is 107 Å². The molecule has 2 rings (SSSR count). The van der Waals surface area contributed by atoms with Gasteiger partial charge in [0.05, 0.1) is 6.61 Å². The molecule has 0 aromatic rings. The van der Waals surface area contributed by atoms with Crippen LogP contribution in [0.1, 0.15) is 45.4 Å². The van der Waals surface area contributed by atoms with Gasteiger partial charge >= 0.3 is 0 Å². The number of unbranched alkanes of at least 4 members (excludes halogenated alkanes) is 1. The highest BCUT2D eigenvalue weighted by atomic mass is 28.3. The van der Waals surface area contributed by atoms with Crippen molar-refractivity contribution in [3.8, 4) is 0 Å². The lowest BCUT2D eigenvalue weighted by Crippen LogP contribution is -2.44. The highest BCUT2D eigenvalue weighted by molar-refractivity contribution is 6.83. The molecule has 2 aliphatic rings. The first-order chi connectivity index (χ1) is 8.10. The summed E-state index contributed by atoms with van der Waals surface area (Å²) in [7, 11) is -1.43. The zero-order chi connectivity index (χ0) is 12.5. The second kappa shape index (κ2) is 5.25. The summed E-state index contributed by atoms with van der Waals surface area (Å²) in [6.07, 6.45) is 7.62. The molecular formula is C14H27NOSi. The second-order valence-corrected chi connectivity index (χ2v) is 10.3. The SMILES string of the molecule is CCCC/C(CO)=C1\[C@H]2CCC[C@H]2N[Si]1(C)C. The van der Waals surface area contributed by atoms with Gasteiger partial charge in [0.25, 0.3) is 0 Å². The Morgan fingerprint density at radius 1 is 1.41 bits per heavy atom. The molecule has 98 valence electrons. The monoisotopic (exact) mass is 253 g/mol. The van der Waals surface area contributed by atoms with Gasteiger partial charge in [-0.3, -0.25) is 0 Å². The van der Waals surface area contributed by atoms with Gasteiger partial charge in [-0.2, -0.15) is 0 Å². The van der Waals surface area contributed by atoms with E-state index in [1.165, 1.54) is 37.7 Å². The highest BCUT2D eigenvalue weighted by Crippen LogP contribution is 2.43. The van der Waals surface area contributed by atoms with Gasteiger partial charge in [-0.05, 0) is 37.2 Å². The van der Waals surface area contributed by atoms with Crippen LogP contribution < -0.4 is 4.98 Å². The van der Waals surface area contributed by atoms with Crippen LogP contribution in [0, 0.1) is 5.92 Å². The minimum absolute atomic E-state index is 0.288. The van der Waals surface area contributed by atoms with E-state index >= 15 is 0 Å². The molecule has 0 spiro atoms. The molecule has 1 saturated carbocycles. The third-order valence-corrected chi connectivity index (χ3v) is 7.67. The van der Waals surface area contributed by atoms with Crippen molar-refractivity contribution in [3.05, 3.63) is 10.8 Å². The smallest absolute Gasteiger partial charge is 0.148 e. The maximum atomic E-state index is 9.70. The highest BCUT2D eigenvalue weighted by Gasteiger charge is 2.47. The van der Waals surface area contributed by atoms with Crippen LogP contribution in [-0.2, 0) is 0 Å². The largest absolute Gasteiger partial charge is 0.392 e. The predicted molar refractivity (Wildman–Crippen MR) is 75.4 cm³/mol. The minimum Gasteiger partial charge on any atom is -0.392 e. The van der Waals surface area contributed by atoms with Gasteiger partial charge in [-0.1, -0.05) is 38.1 Å². The van der Waals surface area contributed by atoms with E-state index in [-0.39, 0.29) is 6.61 Å². The van der Waals surface area contributed by atoms with Gasteiger partial charge in [0.1, 0.15) is 8.24 Å². The van der Waals surface area contributed by atoms with Gasteiger partial charge < -0.3 is 10.1 Å². The van der Waals surface area contributed by atoms with Crippen molar-refractivity contribution < 1.29 is 5.11 Å². The summed E-state index contributed by atoms with van der Waals surface area (Å²) in [5.74, 6) is 0.760. The Morgan fingerprint density at radius 3 is 2.82 bits per heavy atom. The molecule has 0 aromatic heterocycles. The number of hydrogen-bond acceptors (Lipinski definition) is 2. The molecule has 1 aliphatic heterocycles. The summed E-state index contributed by atoms with van der Waals surface area (Å²) in [4.78, 5) is 3.90. The summed E-state index contributed by atoms with van der Waals surface area (Å²) < 4.78 is 0. The van der Waals surface area contributed by atoms with Crippen molar-refractivity contribution in [1.29, 1.82) is 0 Å². The third-order valence-electron chi connectivity index (χ3n) is 4.51. The Kier molecular flexibility index (Phi) is 4.11. The van der Waals surface area contributed by atoms with Gasteiger partial charge in [-0.15, -0.1) is 0 Å². The molecule has 3 heteroatoms. The Balaban J connectivity index is 2.27. The van der Waals surface area contributed by atoms with Crippen molar-refractivity contribution in [2.24, 2.45) is 5.92 Å². The number of hydrogen-bond donors (Lipinski definition) is 2. The Bertz CT molecular complexity index is 311. The molecule has 2 atom stereocenters. The van der Waals surface area contributed by atoms with E-state index < -0.39 is 8.24 Å². The number of aliphatic hydroxyl groups excluding tert-OH is 1. The lowest BCUT2D eigenvalue weighted by atomic mass is 9.98. The predicted octanol–water partition coefficient (Wildman–Crippen LogP) is 2.98. The van der Waals surface area contributed by atoms with E-state index in [4.69, 9.17) is 0 Å². The zero-order valence-electron chi connectivity index (χ0n) is 11.6. The van der Waals surface area contributed by atoms with Crippen molar-refractivity contribution in [3.63, 3.8) is 0 Å². The van der Waals surface area contributed by atoms with E-state index in [0.717, 1.165) is 18.4 Å². The van der Waals surface area contributed by atoms with Crippen LogP contribution in [0.3, 0.4) is 0 Å². The standard InChI is InChI=1S/C14H27NOSi/c1-4-5-7-11(10-16)14-12-8-6-9-13(12)15-17(14,2)3/h12-13,15-16H,4-10H2,1-3H3/b14-11-/t12-,13+/m0/s1. The average molecular weight is 253 g/mol. The fraction of sp³-hybridized carbons (Fsp3) is 0.857.